The molecule has 0 radical (unpaired) electrons. The first-order valence-corrected chi connectivity index (χ1v) is 5.17. The molecule has 0 aliphatic carbocycles. The van der Waals surface area contributed by atoms with Gasteiger partial charge in [0.05, 0.1) is 6.00 Å². The van der Waals surface area contributed by atoms with Crippen molar-refractivity contribution in [1.82, 2.24) is 5.32 Å². The zero-order valence-corrected chi connectivity index (χ0v) is 9.03. The highest BCUT2D eigenvalue weighted by molar-refractivity contribution is 9.10. The van der Waals surface area contributed by atoms with Gasteiger partial charge < -0.3 is 5.32 Å². The van der Waals surface area contributed by atoms with Crippen LogP contribution in [0.4, 0.5) is 0 Å². The van der Waals surface area contributed by atoms with Gasteiger partial charge in [-0.1, -0.05) is 28.1 Å². The van der Waals surface area contributed by atoms with Gasteiger partial charge in [-0.2, -0.15) is 0 Å². The highest BCUT2D eigenvalue weighted by Gasteiger charge is 1.92. The Balaban J connectivity index is 2.41. The van der Waals surface area contributed by atoms with E-state index >= 15 is 0 Å². The Morgan fingerprint density at radius 2 is 2.25 bits per heavy atom. The Kier molecular flexibility index (Phi) is 4.66. The number of rotatable bonds is 4. The van der Waals surface area contributed by atoms with Gasteiger partial charge in [-0.15, -0.1) is 11.6 Å². The molecular weight excluding hydrogens is 237 g/mol. The molecule has 0 fully saturated rings. The molecule has 1 N–H and O–H groups in total. The van der Waals surface area contributed by atoms with E-state index < -0.39 is 0 Å². The first-order valence-electron chi connectivity index (χ1n) is 3.84. The molecule has 1 rings (SSSR count). The molecule has 1 aromatic carbocycles. The lowest BCUT2D eigenvalue weighted by atomic mass is 10.1. The van der Waals surface area contributed by atoms with Gasteiger partial charge in [0.25, 0.3) is 0 Å². The van der Waals surface area contributed by atoms with Gasteiger partial charge >= 0.3 is 0 Å². The van der Waals surface area contributed by atoms with E-state index in [2.05, 4.69) is 33.4 Å². The molecule has 0 unspecified atom stereocenters. The molecule has 1 aromatic rings. The average Bonchev–Trinajstić information content (AvgIpc) is 2.05. The SMILES string of the molecule is ClCNCCc1cccc(Br)c1. The summed E-state index contributed by atoms with van der Waals surface area (Å²) in [5.74, 6) is 0. The molecule has 0 atom stereocenters. The van der Waals surface area contributed by atoms with Crippen LogP contribution in [0.2, 0.25) is 0 Å². The van der Waals surface area contributed by atoms with Gasteiger partial charge in [0.15, 0.2) is 0 Å². The third-order valence-electron chi connectivity index (χ3n) is 1.57. The van der Waals surface area contributed by atoms with Gasteiger partial charge in [0.2, 0.25) is 0 Å². The third-order valence-corrected chi connectivity index (χ3v) is 2.26. The third kappa shape index (κ3) is 3.57. The smallest absolute Gasteiger partial charge is 0.0713 e. The highest BCUT2D eigenvalue weighted by atomic mass is 79.9. The van der Waals surface area contributed by atoms with E-state index in [0.29, 0.717) is 6.00 Å². The fraction of sp³-hybridized carbons (Fsp3) is 0.333. The average molecular weight is 249 g/mol. The molecule has 0 saturated heterocycles. The minimum Gasteiger partial charge on any atom is -0.304 e. The first kappa shape index (κ1) is 10.0. The maximum Gasteiger partial charge on any atom is 0.0713 e. The van der Waals surface area contributed by atoms with E-state index in [9.17, 15) is 0 Å². The van der Waals surface area contributed by atoms with E-state index in [1.165, 1.54) is 5.56 Å². The van der Waals surface area contributed by atoms with Crippen LogP contribution in [0.1, 0.15) is 5.56 Å². The summed E-state index contributed by atoms with van der Waals surface area (Å²) in [5, 5.41) is 3.07. The van der Waals surface area contributed by atoms with Gasteiger partial charge in [-0.05, 0) is 24.1 Å². The molecule has 0 amide bonds. The quantitative estimate of drug-likeness (QED) is 0.491. The van der Waals surface area contributed by atoms with Crippen molar-refractivity contribution >= 4 is 27.5 Å². The fourth-order valence-electron chi connectivity index (χ4n) is 0.992. The summed E-state index contributed by atoms with van der Waals surface area (Å²) in [6.07, 6.45) is 1.02. The number of nitrogens with one attached hydrogen (secondary N) is 1. The van der Waals surface area contributed by atoms with Crippen LogP contribution in [0.15, 0.2) is 28.7 Å². The van der Waals surface area contributed by atoms with Gasteiger partial charge in [0.1, 0.15) is 0 Å². The zero-order chi connectivity index (χ0) is 8.81. The minimum atomic E-state index is 0.522. The van der Waals surface area contributed by atoms with Crippen LogP contribution >= 0.6 is 27.5 Å². The molecule has 0 spiro atoms. The predicted molar refractivity (Wildman–Crippen MR) is 56.6 cm³/mol. The van der Waals surface area contributed by atoms with Crippen LogP contribution in [-0.2, 0) is 6.42 Å². The van der Waals surface area contributed by atoms with Crippen molar-refractivity contribution < 1.29 is 0 Å². The molecule has 12 heavy (non-hydrogen) atoms. The van der Waals surface area contributed by atoms with E-state index in [1.807, 2.05) is 12.1 Å². The van der Waals surface area contributed by atoms with E-state index in [1.54, 1.807) is 0 Å². The summed E-state index contributed by atoms with van der Waals surface area (Å²) in [6, 6.07) is 8.82. The lowest BCUT2D eigenvalue weighted by Gasteiger charge is -2.01. The second-order valence-electron chi connectivity index (χ2n) is 2.51. The lowest BCUT2D eigenvalue weighted by Crippen LogP contribution is -2.14. The molecule has 0 aromatic heterocycles. The summed E-state index contributed by atoms with van der Waals surface area (Å²) >= 11 is 8.90. The number of halogens is 2. The van der Waals surface area contributed by atoms with Gasteiger partial charge in [0, 0.05) is 11.0 Å². The maximum atomic E-state index is 5.48. The van der Waals surface area contributed by atoms with Crippen molar-refractivity contribution in [2.75, 3.05) is 12.5 Å². The molecule has 0 heterocycles. The van der Waals surface area contributed by atoms with Crippen LogP contribution < -0.4 is 5.32 Å². The number of benzene rings is 1. The standard InChI is InChI=1S/C9H11BrClN/c10-9-3-1-2-8(6-9)4-5-12-7-11/h1-3,6,12H,4-5,7H2. The van der Waals surface area contributed by atoms with Crippen LogP contribution in [0, 0.1) is 0 Å². The number of hydrogen-bond donors (Lipinski definition) is 1. The molecular formula is C9H11BrClN. The van der Waals surface area contributed by atoms with Crippen molar-refractivity contribution in [3.05, 3.63) is 34.3 Å². The number of hydrogen-bond acceptors (Lipinski definition) is 1. The van der Waals surface area contributed by atoms with Crippen LogP contribution in [0.3, 0.4) is 0 Å². The molecule has 1 nitrogen and oxygen atoms in total. The topological polar surface area (TPSA) is 12.0 Å². The van der Waals surface area contributed by atoms with E-state index in [-0.39, 0.29) is 0 Å². The maximum absolute atomic E-state index is 5.48. The number of alkyl halides is 1. The molecule has 0 aliphatic heterocycles. The second-order valence-corrected chi connectivity index (χ2v) is 3.70. The first-order chi connectivity index (χ1) is 5.83. The molecule has 3 heteroatoms. The Hall–Kier alpha value is -0.0500. The summed E-state index contributed by atoms with van der Waals surface area (Å²) in [6.45, 7) is 0.931. The summed E-state index contributed by atoms with van der Waals surface area (Å²) in [4.78, 5) is 0. The van der Waals surface area contributed by atoms with Crippen LogP contribution in [0.25, 0.3) is 0 Å². The van der Waals surface area contributed by atoms with Crippen LogP contribution in [0.5, 0.6) is 0 Å². The monoisotopic (exact) mass is 247 g/mol. The molecule has 0 bridgehead atoms. The molecule has 66 valence electrons. The van der Waals surface area contributed by atoms with Crippen molar-refractivity contribution in [2.24, 2.45) is 0 Å². The normalized spacial score (nSPS) is 10.2. The van der Waals surface area contributed by atoms with Gasteiger partial charge in [-0.3, -0.25) is 0 Å². The predicted octanol–water partition coefficient (Wildman–Crippen LogP) is 2.78. The highest BCUT2D eigenvalue weighted by Crippen LogP contribution is 2.11. The van der Waals surface area contributed by atoms with Crippen molar-refractivity contribution in [3.8, 4) is 0 Å². The van der Waals surface area contributed by atoms with E-state index in [0.717, 1.165) is 17.4 Å². The Morgan fingerprint density at radius 1 is 1.42 bits per heavy atom. The van der Waals surface area contributed by atoms with Crippen molar-refractivity contribution in [2.45, 2.75) is 6.42 Å². The van der Waals surface area contributed by atoms with E-state index in [4.69, 9.17) is 11.6 Å². The zero-order valence-electron chi connectivity index (χ0n) is 6.69. The second kappa shape index (κ2) is 5.57. The van der Waals surface area contributed by atoms with Crippen LogP contribution in [-0.4, -0.2) is 12.5 Å². The van der Waals surface area contributed by atoms with Gasteiger partial charge in [-0.25, -0.2) is 0 Å². The Bertz CT molecular complexity index is 240. The summed E-state index contributed by atoms with van der Waals surface area (Å²) in [7, 11) is 0. The largest absolute Gasteiger partial charge is 0.304 e. The fourth-order valence-corrected chi connectivity index (χ4v) is 1.57. The van der Waals surface area contributed by atoms with Crippen molar-refractivity contribution in [3.63, 3.8) is 0 Å². The minimum absolute atomic E-state index is 0.522. The molecule has 0 aliphatic rings. The summed E-state index contributed by atoms with van der Waals surface area (Å²) < 4.78 is 1.13. The Morgan fingerprint density at radius 3 is 2.92 bits per heavy atom. The Labute approximate surface area is 86.2 Å². The molecule has 0 saturated carbocycles. The lowest BCUT2D eigenvalue weighted by molar-refractivity contribution is 0.770. The van der Waals surface area contributed by atoms with Crippen molar-refractivity contribution in [1.29, 1.82) is 0 Å². The summed E-state index contributed by atoms with van der Waals surface area (Å²) in [5.41, 5.74) is 1.32.